The molecule has 9 heteroatoms. The van der Waals surface area contributed by atoms with Crippen LogP contribution in [0.1, 0.15) is 48.4 Å². The monoisotopic (exact) mass is 541 g/mol. The predicted octanol–water partition coefficient (Wildman–Crippen LogP) is 4.90. The Hall–Kier alpha value is -4.40. The van der Waals surface area contributed by atoms with Crippen molar-refractivity contribution in [2.75, 3.05) is 19.1 Å². The van der Waals surface area contributed by atoms with Gasteiger partial charge in [0.15, 0.2) is 0 Å². The third-order valence-corrected chi connectivity index (χ3v) is 7.48. The summed E-state index contributed by atoms with van der Waals surface area (Å²) in [4.78, 5) is 30.1. The fraction of sp³-hybridized carbons (Fsp3) is 0.355. The van der Waals surface area contributed by atoms with Gasteiger partial charge in [-0.05, 0) is 68.1 Å². The van der Waals surface area contributed by atoms with Gasteiger partial charge in [0.1, 0.15) is 29.6 Å². The van der Waals surface area contributed by atoms with E-state index in [9.17, 15) is 9.59 Å². The number of anilines is 1. The van der Waals surface area contributed by atoms with Crippen LogP contribution in [0.25, 0.3) is 11.0 Å². The first kappa shape index (κ1) is 27.2. The Balaban J connectivity index is 1.64. The molecule has 0 bridgehead atoms. The third-order valence-electron chi connectivity index (χ3n) is 7.48. The van der Waals surface area contributed by atoms with Gasteiger partial charge in [-0.3, -0.25) is 14.5 Å². The molecule has 0 radical (unpaired) electrons. The highest BCUT2D eigenvalue weighted by Gasteiger charge is 2.36. The summed E-state index contributed by atoms with van der Waals surface area (Å²) in [6.07, 6.45) is 3.98. The molecule has 4 aromatic rings. The molecule has 1 heterocycles. The highest BCUT2D eigenvalue weighted by atomic mass is 16.5. The van der Waals surface area contributed by atoms with Crippen molar-refractivity contribution in [1.29, 1.82) is 0 Å². The van der Waals surface area contributed by atoms with E-state index >= 15 is 0 Å². The SMILES string of the molecule is COc1cc(OC)cc([C@@H](C(=O)NC2CCCC2)N(C(=O)Cn2nnc3ccccc32)c2ccc(C)cc2C)c1. The van der Waals surface area contributed by atoms with Gasteiger partial charge >= 0.3 is 0 Å². The summed E-state index contributed by atoms with van der Waals surface area (Å²) < 4.78 is 12.7. The van der Waals surface area contributed by atoms with E-state index in [-0.39, 0.29) is 24.4 Å². The average molecular weight is 542 g/mol. The summed E-state index contributed by atoms with van der Waals surface area (Å²) in [7, 11) is 3.13. The lowest BCUT2D eigenvalue weighted by Crippen LogP contribution is -2.47. The molecule has 1 aliphatic rings. The quantitative estimate of drug-likeness (QED) is 0.324. The average Bonchev–Trinajstić information content (AvgIpc) is 3.62. The Labute approximate surface area is 234 Å². The van der Waals surface area contributed by atoms with Crippen LogP contribution in [0.5, 0.6) is 11.5 Å². The molecule has 40 heavy (non-hydrogen) atoms. The molecule has 1 saturated carbocycles. The maximum Gasteiger partial charge on any atom is 0.249 e. The second kappa shape index (κ2) is 11.8. The molecular formula is C31H35N5O4. The fourth-order valence-electron chi connectivity index (χ4n) is 5.49. The summed E-state index contributed by atoms with van der Waals surface area (Å²) in [5.74, 6) is 0.515. The number of fused-ring (bicyclic) bond motifs is 1. The Morgan fingerprint density at radius 1 is 1.00 bits per heavy atom. The van der Waals surface area contributed by atoms with Crippen LogP contribution in [-0.4, -0.2) is 47.1 Å². The lowest BCUT2D eigenvalue weighted by molar-refractivity contribution is -0.127. The molecular weight excluding hydrogens is 506 g/mol. The summed E-state index contributed by atoms with van der Waals surface area (Å²) in [6, 6.07) is 17.8. The molecule has 1 fully saturated rings. The second-order valence-electron chi connectivity index (χ2n) is 10.3. The smallest absolute Gasteiger partial charge is 0.249 e. The lowest BCUT2D eigenvalue weighted by atomic mass is 9.99. The van der Waals surface area contributed by atoms with Crippen LogP contribution in [0.4, 0.5) is 5.69 Å². The van der Waals surface area contributed by atoms with Gasteiger partial charge in [-0.15, -0.1) is 5.10 Å². The molecule has 1 atom stereocenters. The van der Waals surface area contributed by atoms with E-state index < -0.39 is 6.04 Å². The van der Waals surface area contributed by atoms with Crippen molar-refractivity contribution in [3.8, 4) is 11.5 Å². The van der Waals surface area contributed by atoms with Crippen LogP contribution in [0.3, 0.4) is 0 Å². The van der Waals surface area contributed by atoms with Gasteiger partial charge in [0, 0.05) is 17.8 Å². The van der Waals surface area contributed by atoms with Gasteiger partial charge in [-0.25, -0.2) is 4.68 Å². The fourth-order valence-corrected chi connectivity index (χ4v) is 5.49. The maximum atomic E-state index is 14.4. The number of methoxy groups -OCH3 is 2. The molecule has 208 valence electrons. The number of aromatic nitrogens is 3. The minimum Gasteiger partial charge on any atom is -0.497 e. The zero-order valence-electron chi connectivity index (χ0n) is 23.4. The Bertz CT molecular complexity index is 1500. The van der Waals surface area contributed by atoms with Crippen molar-refractivity contribution in [3.63, 3.8) is 0 Å². The molecule has 0 spiro atoms. The van der Waals surface area contributed by atoms with Crippen molar-refractivity contribution in [2.24, 2.45) is 0 Å². The number of para-hydroxylation sites is 1. The van der Waals surface area contributed by atoms with Crippen molar-refractivity contribution < 1.29 is 19.1 Å². The zero-order chi connectivity index (χ0) is 28.2. The lowest BCUT2D eigenvalue weighted by Gasteiger charge is -2.33. The number of hydrogen-bond acceptors (Lipinski definition) is 6. The predicted molar refractivity (Wildman–Crippen MR) is 154 cm³/mol. The second-order valence-corrected chi connectivity index (χ2v) is 10.3. The molecule has 0 aliphatic heterocycles. The molecule has 1 N–H and O–H groups in total. The van der Waals surface area contributed by atoms with Crippen molar-refractivity contribution in [1.82, 2.24) is 20.3 Å². The number of ether oxygens (including phenoxy) is 2. The summed E-state index contributed by atoms with van der Waals surface area (Å²) in [5, 5.41) is 11.7. The van der Waals surface area contributed by atoms with Gasteiger partial charge in [-0.2, -0.15) is 0 Å². The third kappa shape index (κ3) is 5.64. The van der Waals surface area contributed by atoms with Gasteiger partial charge in [0.05, 0.1) is 19.7 Å². The number of hydrogen-bond donors (Lipinski definition) is 1. The number of nitrogens with one attached hydrogen (secondary N) is 1. The molecule has 0 unspecified atom stereocenters. The van der Waals surface area contributed by atoms with Crippen LogP contribution < -0.4 is 19.7 Å². The Morgan fingerprint density at radius 2 is 1.70 bits per heavy atom. The topological polar surface area (TPSA) is 98.6 Å². The molecule has 1 aliphatic carbocycles. The molecule has 9 nitrogen and oxygen atoms in total. The standard InChI is InChI=1S/C31H35N5O4/c1-20-13-14-27(21(2)15-20)36(29(37)19-35-28-12-8-7-11-26(28)33-34-35)30(31(38)32-23-9-5-6-10-23)22-16-24(39-3)18-25(17-22)40-4/h7-8,11-18,23,30H,5-6,9-10,19H2,1-4H3,(H,32,38)/t30-/m0/s1. The number of aryl methyl sites for hydroxylation is 2. The van der Waals surface area contributed by atoms with E-state index in [1.54, 1.807) is 42.0 Å². The molecule has 1 aromatic heterocycles. The first-order valence-electron chi connectivity index (χ1n) is 13.6. The summed E-state index contributed by atoms with van der Waals surface area (Å²) in [5.41, 5.74) is 4.61. The summed E-state index contributed by atoms with van der Waals surface area (Å²) in [6.45, 7) is 3.86. The largest absolute Gasteiger partial charge is 0.497 e. The zero-order valence-corrected chi connectivity index (χ0v) is 23.4. The Kier molecular flexibility index (Phi) is 8.00. The van der Waals surface area contributed by atoms with Crippen molar-refractivity contribution in [2.45, 2.75) is 58.2 Å². The van der Waals surface area contributed by atoms with Crippen LogP contribution in [-0.2, 0) is 16.1 Å². The first-order chi connectivity index (χ1) is 19.4. The number of carbonyl (C=O) groups is 2. The van der Waals surface area contributed by atoms with Gasteiger partial charge in [-0.1, -0.05) is 47.9 Å². The van der Waals surface area contributed by atoms with Crippen molar-refractivity contribution in [3.05, 3.63) is 77.4 Å². The molecule has 3 aromatic carbocycles. The minimum atomic E-state index is -0.978. The van der Waals surface area contributed by atoms with Gasteiger partial charge in [0.25, 0.3) is 0 Å². The van der Waals surface area contributed by atoms with E-state index in [1.807, 2.05) is 56.3 Å². The van der Waals surface area contributed by atoms with E-state index in [1.165, 1.54) is 0 Å². The maximum absolute atomic E-state index is 14.4. The Morgan fingerprint density at radius 3 is 2.38 bits per heavy atom. The molecule has 5 rings (SSSR count). The van der Waals surface area contributed by atoms with E-state index in [2.05, 4.69) is 15.6 Å². The van der Waals surface area contributed by atoms with Gasteiger partial charge < -0.3 is 14.8 Å². The normalized spacial score (nSPS) is 14.2. The summed E-state index contributed by atoms with van der Waals surface area (Å²) >= 11 is 0. The number of nitrogens with zero attached hydrogens (tertiary/aromatic N) is 4. The highest BCUT2D eigenvalue weighted by molar-refractivity contribution is 6.02. The number of benzene rings is 3. The number of carbonyl (C=O) groups excluding carboxylic acids is 2. The number of amides is 2. The van der Waals surface area contributed by atoms with Crippen molar-refractivity contribution >= 4 is 28.5 Å². The number of rotatable bonds is 9. The van der Waals surface area contributed by atoms with Crippen LogP contribution in [0.2, 0.25) is 0 Å². The molecule has 0 saturated heterocycles. The minimum absolute atomic E-state index is 0.0674. The van der Waals surface area contributed by atoms with Crippen LogP contribution >= 0.6 is 0 Å². The van der Waals surface area contributed by atoms with E-state index in [0.29, 0.717) is 28.3 Å². The van der Waals surface area contributed by atoms with E-state index in [0.717, 1.165) is 42.3 Å². The van der Waals surface area contributed by atoms with Crippen LogP contribution in [0.15, 0.2) is 60.7 Å². The van der Waals surface area contributed by atoms with E-state index in [4.69, 9.17) is 9.47 Å². The highest BCUT2D eigenvalue weighted by Crippen LogP contribution is 2.35. The van der Waals surface area contributed by atoms with Gasteiger partial charge in [0.2, 0.25) is 11.8 Å². The van der Waals surface area contributed by atoms with Crippen LogP contribution in [0, 0.1) is 13.8 Å². The first-order valence-corrected chi connectivity index (χ1v) is 13.6. The molecule has 2 amide bonds.